The molecule has 0 atom stereocenters. The van der Waals surface area contributed by atoms with E-state index in [-0.39, 0.29) is 23.9 Å². The minimum atomic E-state index is -0.613. The predicted molar refractivity (Wildman–Crippen MR) is 177 cm³/mol. The van der Waals surface area contributed by atoms with E-state index in [1.54, 1.807) is 34.8 Å². The third-order valence-corrected chi connectivity index (χ3v) is 8.16. The first-order valence-electron chi connectivity index (χ1n) is 13.0. The number of esters is 2. The normalized spacial score (nSPS) is 10.0. The number of rotatable bonds is 6. The number of carbonyl (C=O) groups is 2. The maximum Gasteiger partial charge on any atom is 0.339 e. The number of pyridine rings is 2. The molecule has 4 heterocycles. The van der Waals surface area contributed by atoms with Crippen molar-refractivity contribution in [2.45, 2.75) is 13.1 Å². The largest absolute Gasteiger partial charge is 0.465 e. The zero-order valence-corrected chi connectivity index (χ0v) is 26.3. The first-order chi connectivity index (χ1) is 20.9. The fourth-order valence-electron chi connectivity index (χ4n) is 3.90. The van der Waals surface area contributed by atoms with Gasteiger partial charge in [-0.3, -0.25) is 0 Å². The number of benzene rings is 2. The summed E-state index contributed by atoms with van der Waals surface area (Å²) in [5.41, 5.74) is 8.76. The van der Waals surface area contributed by atoms with Crippen molar-refractivity contribution in [2.24, 2.45) is 5.73 Å². The topological polar surface area (TPSA) is 116 Å². The molecule has 6 rings (SSSR count). The third-order valence-electron chi connectivity index (χ3n) is 6.14. The molecule has 0 aliphatic carbocycles. The Bertz CT molecular complexity index is 1790. The van der Waals surface area contributed by atoms with Gasteiger partial charge in [0.1, 0.15) is 5.82 Å². The molecule has 2 aromatic carbocycles. The highest BCUT2D eigenvalue weighted by Crippen LogP contribution is 2.26. The van der Waals surface area contributed by atoms with Gasteiger partial charge < -0.3 is 20.5 Å². The van der Waals surface area contributed by atoms with Crippen LogP contribution in [0.4, 0.5) is 10.2 Å². The summed E-state index contributed by atoms with van der Waals surface area (Å²) < 4.78 is 23.8. The van der Waals surface area contributed by atoms with Crippen LogP contribution in [0.5, 0.6) is 0 Å². The second-order valence-corrected chi connectivity index (χ2v) is 10.7. The van der Waals surface area contributed by atoms with Gasteiger partial charge in [-0.2, -0.15) is 4.39 Å². The number of methoxy groups -OCH3 is 2. The summed E-state index contributed by atoms with van der Waals surface area (Å²) in [5, 5.41) is 10.1. The molecule has 0 fully saturated rings. The minimum absolute atomic E-state index is 0. The lowest BCUT2D eigenvalue weighted by atomic mass is 10.2. The zero-order chi connectivity index (χ0) is 30.6. The summed E-state index contributed by atoms with van der Waals surface area (Å²) in [5.74, 6) is -0.772. The lowest BCUT2D eigenvalue weighted by Gasteiger charge is -2.05. The highest BCUT2D eigenvalue weighted by molar-refractivity contribution is 7.17. The number of hydrogen-bond donors (Lipinski definition) is 2. The Kier molecular flexibility index (Phi) is 13.2. The third kappa shape index (κ3) is 9.04. The van der Waals surface area contributed by atoms with Crippen LogP contribution < -0.4 is 11.1 Å². The number of nitrogens with zero attached hydrogens (tertiary/aromatic N) is 2. The molecule has 3 N–H and O–H groups in total. The van der Waals surface area contributed by atoms with Crippen LogP contribution in [0.3, 0.4) is 0 Å². The van der Waals surface area contributed by atoms with Crippen LogP contribution >= 0.6 is 35.1 Å². The van der Waals surface area contributed by atoms with Gasteiger partial charge in [-0.1, -0.05) is 36.4 Å². The molecule has 228 valence electrons. The van der Waals surface area contributed by atoms with E-state index in [4.69, 9.17) is 5.73 Å². The number of hydrogen-bond acceptors (Lipinski definition) is 10. The van der Waals surface area contributed by atoms with Gasteiger partial charge in [-0.25, -0.2) is 19.6 Å². The summed E-state index contributed by atoms with van der Waals surface area (Å²) in [6.07, 6.45) is 2.64. The van der Waals surface area contributed by atoms with Crippen LogP contribution in [0.15, 0.2) is 96.0 Å². The number of aromatic nitrogens is 2. The first kappa shape index (κ1) is 34.1. The zero-order valence-electron chi connectivity index (χ0n) is 23.9. The van der Waals surface area contributed by atoms with Crippen molar-refractivity contribution < 1.29 is 23.5 Å². The molecule has 6 aromatic rings. The van der Waals surface area contributed by atoms with E-state index in [1.165, 1.54) is 57.8 Å². The van der Waals surface area contributed by atoms with Gasteiger partial charge in [0, 0.05) is 34.9 Å². The summed E-state index contributed by atoms with van der Waals surface area (Å²) in [7, 11) is 2.61. The Labute approximate surface area is 268 Å². The predicted octanol–water partition coefficient (Wildman–Crippen LogP) is 7.48. The Balaban J connectivity index is 0.000000195. The molecule has 0 saturated heterocycles. The van der Waals surface area contributed by atoms with Crippen molar-refractivity contribution in [1.82, 2.24) is 9.97 Å². The molecule has 12 heteroatoms. The number of halogens is 2. The van der Waals surface area contributed by atoms with Crippen molar-refractivity contribution in [3.63, 3.8) is 0 Å². The Morgan fingerprint density at radius 2 is 1.30 bits per heavy atom. The van der Waals surface area contributed by atoms with E-state index in [9.17, 15) is 14.0 Å². The number of carbonyl (C=O) groups excluding carboxylic acids is 2. The quantitative estimate of drug-likeness (QED) is 0.140. The molecule has 8 nitrogen and oxygen atoms in total. The molecule has 0 aliphatic rings. The maximum absolute atomic E-state index is 12.2. The highest BCUT2D eigenvalue weighted by atomic mass is 35.5. The van der Waals surface area contributed by atoms with Crippen LogP contribution in [-0.2, 0) is 22.6 Å². The first-order valence-corrected chi connectivity index (χ1v) is 14.8. The van der Waals surface area contributed by atoms with Gasteiger partial charge in [-0.05, 0) is 69.1 Å². The van der Waals surface area contributed by atoms with Crippen molar-refractivity contribution in [1.29, 1.82) is 0 Å². The van der Waals surface area contributed by atoms with Crippen molar-refractivity contribution in [3.05, 3.63) is 124 Å². The number of thiophene rings is 2. The minimum Gasteiger partial charge on any atom is -0.465 e. The van der Waals surface area contributed by atoms with E-state index >= 15 is 0 Å². The Morgan fingerprint density at radius 1 is 0.773 bits per heavy atom. The summed E-state index contributed by atoms with van der Waals surface area (Å²) in [6, 6.07) is 22.6. The average Bonchev–Trinajstić information content (AvgIpc) is 3.68. The van der Waals surface area contributed by atoms with Crippen molar-refractivity contribution >= 4 is 73.0 Å². The van der Waals surface area contributed by atoms with Gasteiger partial charge in [0.05, 0.1) is 25.3 Å². The average molecular weight is 653 g/mol. The molecule has 0 unspecified atom stereocenters. The lowest BCUT2D eigenvalue weighted by molar-refractivity contribution is 0.0591. The van der Waals surface area contributed by atoms with E-state index in [0.717, 1.165) is 18.1 Å². The molecule has 0 bridgehead atoms. The van der Waals surface area contributed by atoms with Crippen molar-refractivity contribution in [2.75, 3.05) is 19.5 Å². The molecule has 4 aromatic heterocycles. The Hall–Kier alpha value is -4.42. The SMILES string of the molecule is COC(=O)c1ccc(F)nc1.COC(=O)c1ccc(NCc2csc3ccccc23)nc1.Cl.NCc1csc2ccccc12. The summed E-state index contributed by atoms with van der Waals surface area (Å²) >= 11 is 3.50. The monoisotopic (exact) mass is 652 g/mol. The van der Waals surface area contributed by atoms with Gasteiger partial charge in [0.25, 0.3) is 0 Å². The fraction of sp³-hybridized carbons (Fsp3) is 0.125. The maximum atomic E-state index is 12.2. The summed E-state index contributed by atoms with van der Waals surface area (Å²) in [4.78, 5) is 29.6. The number of fused-ring (bicyclic) bond motifs is 2. The van der Waals surface area contributed by atoms with Gasteiger partial charge in [0.2, 0.25) is 5.95 Å². The molecule has 0 aliphatic heterocycles. The van der Waals surface area contributed by atoms with Crippen molar-refractivity contribution in [3.8, 4) is 0 Å². The van der Waals surface area contributed by atoms with Gasteiger partial charge in [-0.15, -0.1) is 35.1 Å². The van der Waals surface area contributed by atoms with Crippen LogP contribution in [0.25, 0.3) is 20.2 Å². The molecular formula is C32H30ClFN4O4S2. The molecule has 44 heavy (non-hydrogen) atoms. The number of nitrogens with one attached hydrogen (secondary N) is 1. The smallest absolute Gasteiger partial charge is 0.339 e. The number of ether oxygens (including phenoxy) is 2. The van der Waals surface area contributed by atoms with E-state index in [2.05, 4.69) is 65.9 Å². The van der Waals surface area contributed by atoms with Gasteiger partial charge in [0.15, 0.2) is 0 Å². The second kappa shape index (κ2) is 17.0. The fourth-order valence-corrected chi connectivity index (χ4v) is 5.84. The van der Waals surface area contributed by atoms with Crippen LogP contribution in [-0.4, -0.2) is 36.1 Å². The molecule has 0 saturated carbocycles. The Morgan fingerprint density at radius 3 is 1.80 bits per heavy atom. The van der Waals surface area contributed by atoms with E-state index in [1.807, 2.05) is 18.2 Å². The highest BCUT2D eigenvalue weighted by Gasteiger charge is 2.07. The number of anilines is 1. The van der Waals surface area contributed by atoms with Gasteiger partial charge >= 0.3 is 11.9 Å². The van der Waals surface area contributed by atoms with E-state index < -0.39 is 11.9 Å². The molecule has 0 radical (unpaired) electrons. The molecule has 0 spiro atoms. The standard InChI is InChI=1S/C16H14N2O2S.C9H9NS.C7H6FNO2.ClH/c1-20-16(19)11-6-7-15(17-8-11)18-9-12-10-21-14-5-3-2-4-13(12)14;10-5-7-6-11-9-4-2-1-3-8(7)9;1-11-7(10)5-2-3-6(8)9-4-5;/h2-8,10H,9H2,1H3,(H,17,18);1-4,6H,5,10H2;2-4H,1H3;1H. The summed E-state index contributed by atoms with van der Waals surface area (Å²) in [6.45, 7) is 1.35. The lowest BCUT2D eigenvalue weighted by Crippen LogP contribution is -2.04. The van der Waals surface area contributed by atoms with Crippen LogP contribution in [0.1, 0.15) is 31.8 Å². The van der Waals surface area contributed by atoms with Crippen LogP contribution in [0, 0.1) is 5.95 Å². The number of nitrogens with two attached hydrogens (primary N) is 1. The second-order valence-electron chi connectivity index (χ2n) is 8.86. The molecule has 0 amide bonds. The van der Waals surface area contributed by atoms with Crippen LogP contribution in [0.2, 0.25) is 0 Å². The van der Waals surface area contributed by atoms with E-state index in [0.29, 0.717) is 18.7 Å². The molecular weight excluding hydrogens is 623 g/mol.